The second-order valence-corrected chi connectivity index (χ2v) is 4.33. The van der Waals surface area contributed by atoms with Crippen molar-refractivity contribution in [3.63, 3.8) is 0 Å². The van der Waals surface area contributed by atoms with Gasteiger partial charge in [0.1, 0.15) is 0 Å². The molecule has 16 heavy (non-hydrogen) atoms. The summed E-state index contributed by atoms with van der Waals surface area (Å²) in [6, 6.07) is 6.47. The molecule has 1 atom stereocenters. The summed E-state index contributed by atoms with van der Waals surface area (Å²) in [5.74, 6) is -0.760. The molecule has 3 heteroatoms. The maximum atomic E-state index is 10.8. The third-order valence-electron chi connectivity index (χ3n) is 3.22. The fourth-order valence-electron chi connectivity index (χ4n) is 2.60. The third-order valence-corrected chi connectivity index (χ3v) is 3.22. The standard InChI is InChI=1S/C13H17NO2/c1-3-14-9(2)7-10-5-4-6-11(13(10)14)8-12(15)16/h4-6,9H,3,7-8H2,1-2H3,(H,15,16). The monoisotopic (exact) mass is 219 g/mol. The number of benzene rings is 1. The van der Waals surface area contributed by atoms with E-state index in [0.29, 0.717) is 6.04 Å². The summed E-state index contributed by atoms with van der Waals surface area (Å²) in [6.07, 6.45) is 1.14. The van der Waals surface area contributed by atoms with Crippen LogP contribution in [0.1, 0.15) is 25.0 Å². The summed E-state index contributed by atoms with van der Waals surface area (Å²) in [6.45, 7) is 5.24. The van der Waals surface area contributed by atoms with Gasteiger partial charge in [-0.2, -0.15) is 0 Å². The third kappa shape index (κ3) is 1.77. The van der Waals surface area contributed by atoms with Crippen molar-refractivity contribution in [2.24, 2.45) is 0 Å². The lowest BCUT2D eigenvalue weighted by molar-refractivity contribution is -0.136. The van der Waals surface area contributed by atoms with Crippen molar-refractivity contribution in [2.75, 3.05) is 11.4 Å². The van der Waals surface area contributed by atoms with E-state index in [0.717, 1.165) is 24.2 Å². The van der Waals surface area contributed by atoms with Crippen LogP contribution in [0.15, 0.2) is 18.2 Å². The molecular formula is C13H17NO2. The van der Waals surface area contributed by atoms with E-state index in [-0.39, 0.29) is 6.42 Å². The highest BCUT2D eigenvalue weighted by Gasteiger charge is 2.27. The van der Waals surface area contributed by atoms with Crippen molar-refractivity contribution >= 4 is 11.7 Å². The number of carboxylic acids is 1. The van der Waals surface area contributed by atoms with Crippen LogP contribution in [0.5, 0.6) is 0 Å². The minimum Gasteiger partial charge on any atom is -0.481 e. The predicted molar refractivity (Wildman–Crippen MR) is 64.0 cm³/mol. The van der Waals surface area contributed by atoms with Crippen LogP contribution in [-0.4, -0.2) is 23.7 Å². The van der Waals surface area contributed by atoms with Gasteiger partial charge in [0.15, 0.2) is 0 Å². The summed E-state index contributed by atoms with van der Waals surface area (Å²) in [7, 11) is 0. The second-order valence-electron chi connectivity index (χ2n) is 4.33. The number of likely N-dealkylation sites (N-methyl/N-ethyl adjacent to an activating group) is 1. The average Bonchev–Trinajstić information content (AvgIpc) is 2.53. The normalized spacial score (nSPS) is 18.6. The Morgan fingerprint density at radius 3 is 2.94 bits per heavy atom. The van der Waals surface area contributed by atoms with E-state index in [2.05, 4.69) is 24.8 Å². The van der Waals surface area contributed by atoms with E-state index in [1.165, 1.54) is 5.56 Å². The largest absolute Gasteiger partial charge is 0.481 e. The maximum absolute atomic E-state index is 10.8. The molecule has 0 bridgehead atoms. The number of nitrogens with zero attached hydrogens (tertiary/aromatic N) is 1. The Kier molecular flexibility index (Phi) is 2.86. The van der Waals surface area contributed by atoms with E-state index in [1.54, 1.807) is 0 Å². The smallest absolute Gasteiger partial charge is 0.307 e. The first-order valence-electron chi connectivity index (χ1n) is 5.72. The molecule has 0 aromatic heterocycles. The van der Waals surface area contributed by atoms with Crippen LogP contribution in [0.25, 0.3) is 0 Å². The Bertz CT molecular complexity index is 414. The zero-order chi connectivity index (χ0) is 11.7. The number of hydrogen-bond donors (Lipinski definition) is 1. The minimum absolute atomic E-state index is 0.117. The van der Waals surface area contributed by atoms with Crippen LogP contribution >= 0.6 is 0 Å². The van der Waals surface area contributed by atoms with Gasteiger partial charge in [-0.3, -0.25) is 4.79 Å². The number of anilines is 1. The first-order valence-corrected chi connectivity index (χ1v) is 5.72. The highest BCUT2D eigenvalue weighted by atomic mass is 16.4. The number of aliphatic carboxylic acids is 1. The van der Waals surface area contributed by atoms with Gasteiger partial charge >= 0.3 is 5.97 Å². The Balaban J connectivity index is 2.43. The van der Waals surface area contributed by atoms with E-state index < -0.39 is 5.97 Å². The quantitative estimate of drug-likeness (QED) is 0.846. The summed E-state index contributed by atoms with van der Waals surface area (Å²) >= 11 is 0. The van der Waals surface area contributed by atoms with Crippen LogP contribution in [-0.2, 0) is 17.6 Å². The Hall–Kier alpha value is -1.51. The fourth-order valence-corrected chi connectivity index (χ4v) is 2.60. The molecule has 0 saturated heterocycles. The number of rotatable bonds is 3. The zero-order valence-corrected chi connectivity index (χ0v) is 9.73. The average molecular weight is 219 g/mol. The van der Waals surface area contributed by atoms with Crippen molar-refractivity contribution in [3.8, 4) is 0 Å². The van der Waals surface area contributed by atoms with Crippen LogP contribution < -0.4 is 4.90 Å². The summed E-state index contributed by atoms with van der Waals surface area (Å²) in [5, 5.41) is 8.90. The molecule has 1 aromatic rings. The van der Waals surface area contributed by atoms with Gasteiger partial charge in [-0.1, -0.05) is 18.2 Å². The first kappa shape index (κ1) is 11.0. The van der Waals surface area contributed by atoms with Crippen molar-refractivity contribution in [3.05, 3.63) is 29.3 Å². The van der Waals surface area contributed by atoms with Gasteiger partial charge < -0.3 is 10.0 Å². The van der Waals surface area contributed by atoms with Gasteiger partial charge in [0.25, 0.3) is 0 Å². The Morgan fingerprint density at radius 2 is 2.31 bits per heavy atom. The van der Waals surface area contributed by atoms with Crippen molar-refractivity contribution in [1.82, 2.24) is 0 Å². The molecule has 2 rings (SSSR count). The molecule has 86 valence electrons. The molecule has 3 nitrogen and oxygen atoms in total. The lowest BCUT2D eigenvalue weighted by Crippen LogP contribution is -2.29. The first-order chi connectivity index (χ1) is 7.63. The maximum Gasteiger partial charge on any atom is 0.307 e. The second kappa shape index (κ2) is 4.16. The van der Waals surface area contributed by atoms with Gasteiger partial charge in [0.05, 0.1) is 6.42 Å². The van der Waals surface area contributed by atoms with Gasteiger partial charge in [-0.05, 0) is 31.4 Å². The predicted octanol–water partition coefficient (Wildman–Crippen LogP) is 2.08. The Labute approximate surface area is 95.7 Å². The molecule has 0 aliphatic carbocycles. The molecule has 1 N–H and O–H groups in total. The minimum atomic E-state index is -0.760. The van der Waals surface area contributed by atoms with Crippen LogP contribution in [0.3, 0.4) is 0 Å². The summed E-state index contributed by atoms with van der Waals surface area (Å²) in [5.41, 5.74) is 3.38. The van der Waals surface area contributed by atoms with Gasteiger partial charge in [0, 0.05) is 18.3 Å². The van der Waals surface area contributed by atoms with Gasteiger partial charge in [-0.25, -0.2) is 0 Å². The highest BCUT2D eigenvalue weighted by molar-refractivity contribution is 5.76. The topological polar surface area (TPSA) is 40.5 Å². The number of carboxylic acid groups (broad SMARTS) is 1. The fraction of sp³-hybridized carbons (Fsp3) is 0.462. The molecule has 1 heterocycles. The van der Waals surface area contributed by atoms with E-state index in [9.17, 15) is 4.79 Å². The van der Waals surface area contributed by atoms with Gasteiger partial charge in [-0.15, -0.1) is 0 Å². The number of carbonyl (C=O) groups is 1. The molecule has 0 fully saturated rings. The molecule has 1 aliphatic heterocycles. The molecule has 1 aromatic carbocycles. The van der Waals surface area contributed by atoms with Crippen LogP contribution in [0.2, 0.25) is 0 Å². The van der Waals surface area contributed by atoms with Crippen molar-refractivity contribution in [2.45, 2.75) is 32.7 Å². The number of para-hydroxylation sites is 1. The molecule has 0 radical (unpaired) electrons. The molecule has 1 aliphatic rings. The summed E-state index contributed by atoms with van der Waals surface area (Å²) < 4.78 is 0. The number of fused-ring (bicyclic) bond motifs is 1. The van der Waals surface area contributed by atoms with E-state index in [4.69, 9.17) is 5.11 Å². The Morgan fingerprint density at radius 1 is 1.56 bits per heavy atom. The van der Waals surface area contributed by atoms with Crippen molar-refractivity contribution < 1.29 is 9.90 Å². The highest BCUT2D eigenvalue weighted by Crippen LogP contribution is 2.35. The molecule has 0 spiro atoms. The molecule has 1 unspecified atom stereocenters. The lowest BCUT2D eigenvalue weighted by atomic mass is 10.0. The SMILES string of the molecule is CCN1c2c(CC(=O)O)cccc2CC1C. The van der Waals surface area contributed by atoms with Gasteiger partial charge in [0.2, 0.25) is 0 Å². The zero-order valence-electron chi connectivity index (χ0n) is 9.73. The van der Waals surface area contributed by atoms with Crippen molar-refractivity contribution in [1.29, 1.82) is 0 Å². The van der Waals surface area contributed by atoms with Crippen LogP contribution in [0.4, 0.5) is 5.69 Å². The van der Waals surface area contributed by atoms with Crippen LogP contribution in [0, 0.1) is 0 Å². The van der Waals surface area contributed by atoms with E-state index in [1.807, 2.05) is 12.1 Å². The summed E-state index contributed by atoms with van der Waals surface area (Å²) in [4.78, 5) is 13.1. The van der Waals surface area contributed by atoms with E-state index >= 15 is 0 Å². The number of hydrogen-bond acceptors (Lipinski definition) is 2. The molecule has 0 amide bonds. The lowest BCUT2D eigenvalue weighted by Gasteiger charge is -2.24. The molecular weight excluding hydrogens is 202 g/mol. The molecule has 0 saturated carbocycles.